The number of rotatable bonds is 4. The number of ether oxygens (including phenoxy) is 2. The van der Waals surface area contributed by atoms with Crippen LogP contribution in [0.25, 0.3) is 0 Å². The Balaban J connectivity index is 0.000000791. The average molecular weight is 203 g/mol. The highest BCUT2D eigenvalue weighted by atomic mass is 16.5. The molecule has 1 aliphatic rings. The summed E-state index contributed by atoms with van der Waals surface area (Å²) < 4.78 is 10.4. The molecule has 0 aromatic carbocycles. The highest BCUT2D eigenvalue weighted by Crippen LogP contribution is 2.04. The molecular weight excluding hydrogens is 178 g/mol. The maximum Gasteiger partial charge on any atom is 0.0674 e. The third-order valence-electron chi connectivity index (χ3n) is 2.15. The number of methoxy groups -OCH3 is 1. The van der Waals surface area contributed by atoms with Crippen LogP contribution in [0.1, 0.15) is 27.2 Å². The Morgan fingerprint density at radius 2 is 2.14 bits per heavy atom. The van der Waals surface area contributed by atoms with Crippen LogP contribution in [-0.2, 0) is 9.47 Å². The molecule has 1 heterocycles. The summed E-state index contributed by atoms with van der Waals surface area (Å²) in [7, 11) is 1.75. The largest absolute Gasteiger partial charge is 0.385 e. The van der Waals surface area contributed by atoms with Crippen molar-refractivity contribution in [2.75, 3.05) is 40.0 Å². The summed E-state index contributed by atoms with van der Waals surface area (Å²) in [4.78, 5) is 2.44. The van der Waals surface area contributed by atoms with Crippen molar-refractivity contribution in [3.8, 4) is 0 Å². The molecule has 0 aliphatic carbocycles. The molecular formula is C11H25NO2. The van der Waals surface area contributed by atoms with Crippen molar-refractivity contribution < 1.29 is 9.47 Å². The number of hydrogen-bond donors (Lipinski definition) is 0. The van der Waals surface area contributed by atoms with Gasteiger partial charge in [0.1, 0.15) is 0 Å². The van der Waals surface area contributed by atoms with Gasteiger partial charge < -0.3 is 9.47 Å². The summed E-state index contributed by atoms with van der Waals surface area (Å²) >= 11 is 0. The van der Waals surface area contributed by atoms with Gasteiger partial charge in [-0.1, -0.05) is 13.8 Å². The van der Waals surface area contributed by atoms with Gasteiger partial charge in [0.2, 0.25) is 0 Å². The van der Waals surface area contributed by atoms with E-state index in [-0.39, 0.29) is 0 Å². The van der Waals surface area contributed by atoms with E-state index in [2.05, 4.69) is 11.8 Å². The van der Waals surface area contributed by atoms with Crippen molar-refractivity contribution >= 4 is 0 Å². The van der Waals surface area contributed by atoms with Crippen LogP contribution in [0.15, 0.2) is 0 Å². The van der Waals surface area contributed by atoms with Crippen molar-refractivity contribution in [1.29, 1.82) is 0 Å². The zero-order valence-electron chi connectivity index (χ0n) is 10.1. The van der Waals surface area contributed by atoms with Crippen molar-refractivity contribution in [3.05, 3.63) is 0 Å². The maximum absolute atomic E-state index is 5.44. The normalized spacial score (nSPS) is 22.7. The zero-order valence-corrected chi connectivity index (χ0v) is 10.1. The highest BCUT2D eigenvalue weighted by molar-refractivity contribution is 4.67. The molecule has 0 amide bonds. The number of morpholine rings is 1. The molecule has 14 heavy (non-hydrogen) atoms. The zero-order chi connectivity index (χ0) is 10.8. The van der Waals surface area contributed by atoms with Gasteiger partial charge in [-0.3, -0.25) is 4.90 Å². The van der Waals surface area contributed by atoms with E-state index in [9.17, 15) is 0 Å². The molecule has 0 unspecified atom stereocenters. The lowest BCUT2D eigenvalue weighted by Crippen LogP contribution is -2.41. The Bertz CT molecular complexity index is 120. The van der Waals surface area contributed by atoms with Crippen LogP contribution in [0.3, 0.4) is 0 Å². The van der Waals surface area contributed by atoms with E-state index in [0.717, 1.165) is 39.3 Å². The van der Waals surface area contributed by atoms with Crippen LogP contribution in [0.5, 0.6) is 0 Å². The predicted molar refractivity (Wildman–Crippen MR) is 59.7 cm³/mol. The van der Waals surface area contributed by atoms with Crippen LogP contribution in [0.2, 0.25) is 0 Å². The standard InChI is InChI=1S/C9H19NO2.C2H6/c1-9-8-10(5-7-12-9)4-3-6-11-2;1-2/h9H,3-8H2,1-2H3;1-2H3/t9-;/m1./s1. The second kappa shape index (κ2) is 9.44. The Morgan fingerprint density at radius 3 is 2.71 bits per heavy atom. The fraction of sp³-hybridized carbons (Fsp3) is 1.00. The first-order valence-corrected chi connectivity index (χ1v) is 5.66. The van der Waals surface area contributed by atoms with E-state index < -0.39 is 0 Å². The quantitative estimate of drug-likeness (QED) is 0.650. The predicted octanol–water partition coefficient (Wildman–Crippen LogP) is 1.77. The van der Waals surface area contributed by atoms with Crippen molar-refractivity contribution in [1.82, 2.24) is 4.90 Å². The lowest BCUT2D eigenvalue weighted by molar-refractivity contribution is -0.0201. The van der Waals surface area contributed by atoms with E-state index in [4.69, 9.17) is 9.47 Å². The first-order valence-electron chi connectivity index (χ1n) is 5.66. The van der Waals surface area contributed by atoms with Gasteiger partial charge in [-0.15, -0.1) is 0 Å². The van der Waals surface area contributed by atoms with E-state index >= 15 is 0 Å². The molecule has 0 bridgehead atoms. The van der Waals surface area contributed by atoms with Gasteiger partial charge in [0.05, 0.1) is 12.7 Å². The fourth-order valence-corrected chi connectivity index (χ4v) is 1.53. The van der Waals surface area contributed by atoms with Gasteiger partial charge in [-0.2, -0.15) is 0 Å². The smallest absolute Gasteiger partial charge is 0.0674 e. The molecule has 0 aromatic heterocycles. The van der Waals surface area contributed by atoms with E-state index in [1.54, 1.807) is 7.11 Å². The van der Waals surface area contributed by atoms with Gasteiger partial charge in [-0.25, -0.2) is 0 Å². The van der Waals surface area contributed by atoms with Gasteiger partial charge in [-0.05, 0) is 13.3 Å². The summed E-state index contributed by atoms with van der Waals surface area (Å²) in [6, 6.07) is 0. The summed E-state index contributed by atoms with van der Waals surface area (Å²) in [6.45, 7) is 11.2. The van der Waals surface area contributed by atoms with E-state index in [1.165, 1.54) is 0 Å². The molecule has 1 aliphatic heterocycles. The summed E-state index contributed by atoms with van der Waals surface area (Å²) in [5.74, 6) is 0. The molecule has 86 valence electrons. The molecule has 0 radical (unpaired) electrons. The molecule has 0 N–H and O–H groups in total. The molecule has 1 atom stereocenters. The van der Waals surface area contributed by atoms with Crippen molar-refractivity contribution in [2.24, 2.45) is 0 Å². The Morgan fingerprint density at radius 1 is 1.43 bits per heavy atom. The Labute approximate surface area is 88.4 Å². The third-order valence-corrected chi connectivity index (χ3v) is 2.15. The van der Waals surface area contributed by atoms with Gasteiger partial charge in [0, 0.05) is 33.4 Å². The lowest BCUT2D eigenvalue weighted by Gasteiger charge is -2.30. The molecule has 1 rings (SSSR count). The first-order chi connectivity index (χ1) is 6.83. The molecule has 1 fully saturated rings. The summed E-state index contributed by atoms with van der Waals surface area (Å²) in [5.41, 5.74) is 0. The van der Waals surface area contributed by atoms with Crippen molar-refractivity contribution in [3.63, 3.8) is 0 Å². The van der Waals surface area contributed by atoms with Crippen LogP contribution in [-0.4, -0.2) is 51.0 Å². The minimum absolute atomic E-state index is 0.404. The second-order valence-electron chi connectivity index (χ2n) is 3.33. The average Bonchev–Trinajstić information content (AvgIpc) is 2.21. The molecule has 0 spiro atoms. The minimum atomic E-state index is 0.404. The van der Waals surface area contributed by atoms with E-state index in [1.807, 2.05) is 13.8 Å². The monoisotopic (exact) mass is 203 g/mol. The van der Waals surface area contributed by atoms with Gasteiger partial charge in [0.15, 0.2) is 0 Å². The van der Waals surface area contributed by atoms with Crippen molar-refractivity contribution in [2.45, 2.75) is 33.3 Å². The maximum atomic E-state index is 5.44. The molecule has 0 saturated carbocycles. The number of nitrogens with zero attached hydrogens (tertiary/aromatic N) is 1. The SMILES string of the molecule is CC.COCCCN1CCO[C@H](C)C1. The fourth-order valence-electron chi connectivity index (χ4n) is 1.53. The minimum Gasteiger partial charge on any atom is -0.385 e. The molecule has 3 heteroatoms. The van der Waals surface area contributed by atoms with E-state index in [0.29, 0.717) is 6.10 Å². The van der Waals surface area contributed by atoms with Crippen LogP contribution in [0.4, 0.5) is 0 Å². The van der Waals surface area contributed by atoms with Crippen LogP contribution in [0, 0.1) is 0 Å². The molecule has 3 nitrogen and oxygen atoms in total. The highest BCUT2D eigenvalue weighted by Gasteiger charge is 2.15. The first kappa shape index (κ1) is 13.9. The van der Waals surface area contributed by atoms with Gasteiger partial charge >= 0.3 is 0 Å². The number of hydrogen-bond acceptors (Lipinski definition) is 3. The second-order valence-corrected chi connectivity index (χ2v) is 3.33. The Kier molecular flexibility index (Phi) is 9.35. The molecule has 1 saturated heterocycles. The summed E-state index contributed by atoms with van der Waals surface area (Å²) in [5, 5.41) is 0. The topological polar surface area (TPSA) is 21.7 Å². The molecule has 0 aromatic rings. The third kappa shape index (κ3) is 6.35. The Hall–Kier alpha value is -0.120. The summed E-state index contributed by atoms with van der Waals surface area (Å²) in [6.07, 6.45) is 1.53. The van der Waals surface area contributed by atoms with Crippen LogP contribution < -0.4 is 0 Å². The van der Waals surface area contributed by atoms with Gasteiger partial charge in [0.25, 0.3) is 0 Å². The lowest BCUT2D eigenvalue weighted by atomic mass is 10.3. The van der Waals surface area contributed by atoms with Crippen LogP contribution >= 0.6 is 0 Å².